The summed E-state index contributed by atoms with van der Waals surface area (Å²) in [6.07, 6.45) is 0.505. The first-order valence-electron chi connectivity index (χ1n) is 3.15. The topological polar surface area (TPSA) is 26.3 Å². The second-order valence-corrected chi connectivity index (χ2v) is 6.13. The molecule has 10 heavy (non-hydrogen) atoms. The zero-order valence-corrected chi connectivity index (χ0v) is 8.74. The molecular formula is C6H12BrO2P. The molecule has 0 aromatic rings. The van der Waals surface area contributed by atoms with Gasteiger partial charge in [0.2, 0.25) is 7.37 Å². The van der Waals surface area contributed by atoms with Gasteiger partial charge >= 0.3 is 0 Å². The lowest BCUT2D eigenvalue weighted by Gasteiger charge is -2.13. The second-order valence-electron chi connectivity index (χ2n) is 1.78. The number of halogens is 1. The zero-order chi connectivity index (χ0) is 8.20. The molecule has 0 saturated carbocycles. The molecule has 0 saturated heterocycles. The largest absolute Gasteiger partial charge is 0.325 e. The minimum atomic E-state index is -2.55. The van der Waals surface area contributed by atoms with E-state index in [1.165, 1.54) is 0 Å². The third-order valence-corrected chi connectivity index (χ3v) is 4.99. The lowest BCUT2D eigenvalue weighted by molar-refractivity contribution is 0.340. The van der Waals surface area contributed by atoms with Crippen LogP contribution in [0.1, 0.15) is 13.8 Å². The van der Waals surface area contributed by atoms with Crippen molar-refractivity contribution in [2.45, 2.75) is 13.8 Å². The molecule has 0 heterocycles. The monoisotopic (exact) mass is 226 g/mol. The average molecular weight is 227 g/mol. The third kappa shape index (κ3) is 2.57. The predicted octanol–water partition coefficient (Wildman–Crippen LogP) is 3.19. The number of hydrogen-bond acceptors (Lipinski definition) is 2. The minimum absolute atomic E-state index is 0.468. The first kappa shape index (κ1) is 10.4. The second kappa shape index (κ2) is 4.32. The molecular weight excluding hydrogens is 215 g/mol. The van der Waals surface area contributed by atoms with E-state index in [0.29, 0.717) is 17.0 Å². The van der Waals surface area contributed by atoms with Gasteiger partial charge in [-0.2, -0.15) is 0 Å². The molecule has 1 atom stereocenters. The summed E-state index contributed by atoms with van der Waals surface area (Å²) in [7, 11) is -2.55. The van der Waals surface area contributed by atoms with E-state index in [-0.39, 0.29) is 0 Å². The molecule has 60 valence electrons. The van der Waals surface area contributed by atoms with Crippen LogP contribution in [0.2, 0.25) is 0 Å². The van der Waals surface area contributed by atoms with Gasteiger partial charge in [-0.3, -0.25) is 4.57 Å². The minimum Gasteiger partial charge on any atom is -0.325 e. The third-order valence-electron chi connectivity index (χ3n) is 1.12. The van der Waals surface area contributed by atoms with Crippen molar-refractivity contribution < 1.29 is 9.09 Å². The van der Waals surface area contributed by atoms with Crippen molar-refractivity contribution in [1.82, 2.24) is 0 Å². The summed E-state index contributed by atoms with van der Waals surface area (Å²) in [5.74, 6) is 0. The van der Waals surface area contributed by atoms with Crippen LogP contribution in [0.25, 0.3) is 0 Å². The van der Waals surface area contributed by atoms with E-state index in [1.54, 1.807) is 0 Å². The highest BCUT2D eigenvalue weighted by molar-refractivity contribution is 9.13. The highest BCUT2D eigenvalue weighted by atomic mass is 79.9. The van der Waals surface area contributed by atoms with Gasteiger partial charge in [0.15, 0.2) is 0 Å². The number of hydrogen-bond donors (Lipinski definition) is 0. The van der Waals surface area contributed by atoms with E-state index < -0.39 is 7.37 Å². The molecule has 0 aliphatic rings. The van der Waals surface area contributed by atoms with E-state index in [1.807, 2.05) is 13.8 Å². The van der Waals surface area contributed by atoms with Gasteiger partial charge < -0.3 is 4.52 Å². The molecule has 0 radical (unpaired) electrons. The Kier molecular flexibility index (Phi) is 4.50. The highest BCUT2D eigenvalue weighted by Crippen LogP contribution is 2.56. The molecule has 2 nitrogen and oxygen atoms in total. The summed E-state index contributed by atoms with van der Waals surface area (Å²) in [5.41, 5.74) is 0. The molecule has 0 fully saturated rings. The van der Waals surface area contributed by atoms with Crippen molar-refractivity contribution >= 4 is 23.3 Å². The number of rotatable bonds is 4. The molecule has 0 spiro atoms. The van der Waals surface area contributed by atoms with Gasteiger partial charge in [0, 0.05) is 6.16 Å². The van der Waals surface area contributed by atoms with E-state index in [0.717, 1.165) is 0 Å². The maximum absolute atomic E-state index is 11.5. The Morgan fingerprint density at radius 3 is 2.30 bits per heavy atom. The van der Waals surface area contributed by atoms with Gasteiger partial charge in [0.25, 0.3) is 0 Å². The standard InChI is InChI=1S/C6H12BrO2P/c1-4-9-10(8,5-2)6(3)7/h3-5H2,1-2H3. The fraction of sp³-hybridized carbons (Fsp3) is 0.667. The molecule has 1 unspecified atom stereocenters. The SMILES string of the molecule is C=C(Br)P(=O)(CC)OCC. The van der Waals surface area contributed by atoms with Gasteiger partial charge in [0.05, 0.1) is 10.8 Å². The Bertz CT molecular complexity index is 167. The van der Waals surface area contributed by atoms with Crippen molar-refractivity contribution in [3.8, 4) is 0 Å². The summed E-state index contributed by atoms with van der Waals surface area (Å²) in [6.45, 7) is 7.65. The van der Waals surface area contributed by atoms with E-state index >= 15 is 0 Å². The van der Waals surface area contributed by atoms with E-state index in [4.69, 9.17) is 4.52 Å². The fourth-order valence-electron chi connectivity index (χ4n) is 0.541. The summed E-state index contributed by atoms with van der Waals surface area (Å²) in [5, 5.41) is 0. The average Bonchev–Trinajstić information content (AvgIpc) is 1.88. The van der Waals surface area contributed by atoms with Gasteiger partial charge in [-0.15, -0.1) is 0 Å². The van der Waals surface area contributed by atoms with Crippen molar-refractivity contribution in [1.29, 1.82) is 0 Å². The van der Waals surface area contributed by atoms with Crippen LogP contribution in [0.15, 0.2) is 10.8 Å². The first-order valence-corrected chi connectivity index (χ1v) is 5.75. The molecule has 0 aromatic heterocycles. The maximum Gasteiger partial charge on any atom is 0.238 e. The van der Waals surface area contributed by atoms with Crippen LogP contribution < -0.4 is 0 Å². The van der Waals surface area contributed by atoms with Crippen LogP contribution in [0.4, 0.5) is 0 Å². The van der Waals surface area contributed by atoms with Crippen LogP contribution >= 0.6 is 23.3 Å². The molecule has 0 N–H and O–H groups in total. The smallest absolute Gasteiger partial charge is 0.238 e. The molecule has 0 bridgehead atoms. The predicted molar refractivity (Wildman–Crippen MR) is 47.8 cm³/mol. The molecule has 4 heteroatoms. The Balaban J connectivity index is 4.25. The van der Waals surface area contributed by atoms with Gasteiger partial charge in [-0.1, -0.05) is 13.5 Å². The summed E-state index contributed by atoms with van der Waals surface area (Å²) < 4.78 is 17.0. The molecule has 0 aromatic carbocycles. The Morgan fingerprint density at radius 2 is 2.20 bits per heavy atom. The van der Waals surface area contributed by atoms with E-state index in [2.05, 4.69) is 22.5 Å². The Hall–Kier alpha value is 0.410. The molecule has 0 aliphatic heterocycles. The van der Waals surface area contributed by atoms with Crippen molar-refractivity contribution in [2.75, 3.05) is 12.8 Å². The molecule has 0 aliphatic carbocycles. The normalized spacial score (nSPS) is 16.3. The molecule has 0 amide bonds. The Morgan fingerprint density at radius 1 is 1.70 bits per heavy atom. The van der Waals surface area contributed by atoms with Crippen LogP contribution in [-0.4, -0.2) is 12.8 Å². The van der Waals surface area contributed by atoms with Crippen LogP contribution in [0, 0.1) is 0 Å². The Labute approximate surface area is 70.2 Å². The van der Waals surface area contributed by atoms with Crippen molar-refractivity contribution in [3.05, 3.63) is 10.8 Å². The summed E-state index contributed by atoms with van der Waals surface area (Å²) in [4.78, 5) is 0. The first-order chi connectivity index (χ1) is 4.56. The lowest BCUT2D eigenvalue weighted by Crippen LogP contribution is -1.91. The van der Waals surface area contributed by atoms with Gasteiger partial charge in [-0.25, -0.2) is 0 Å². The van der Waals surface area contributed by atoms with Crippen LogP contribution in [0.5, 0.6) is 0 Å². The van der Waals surface area contributed by atoms with Crippen LogP contribution in [-0.2, 0) is 9.09 Å². The maximum atomic E-state index is 11.5. The lowest BCUT2D eigenvalue weighted by atomic mass is 10.9. The quantitative estimate of drug-likeness (QED) is 0.689. The van der Waals surface area contributed by atoms with Gasteiger partial charge in [0.1, 0.15) is 0 Å². The highest BCUT2D eigenvalue weighted by Gasteiger charge is 2.21. The van der Waals surface area contributed by atoms with E-state index in [9.17, 15) is 4.57 Å². The summed E-state index contributed by atoms with van der Waals surface area (Å²) >= 11 is 3.08. The molecule has 0 rings (SSSR count). The fourth-order valence-corrected chi connectivity index (χ4v) is 2.68. The van der Waals surface area contributed by atoms with Crippen LogP contribution in [0.3, 0.4) is 0 Å². The van der Waals surface area contributed by atoms with Crippen molar-refractivity contribution in [3.63, 3.8) is 0 Å². The van der Waals surface area contributed by atoms with Crippen molar-refractivity contribution in [2.24, 2.45) is 0 Å². The van der Waals surface area contributed by atoms with Gasteiger partial charge in [-0.05, 0) is 22.9 Å². The summed E-state index contributed by atoms with van der Waals surface area (Å²) in [6, 6.07) is 0. The zero-order valence-electron chi connectivity index (χ0n) is 6.26.